The van der Waals surface area contributed by atoms with E-state index < -0.39 is 0 Å². The number of nitrogens with zero attached hydrogens (tertiary/aromatic N) is 2. The molecule has 1 aliphatic carbocycles. The first-order valence-electron chi connectivity index (χ1n) is 8.84. The lowest BCUT2D eigenvalue weighted by Gasteiger charge is -2.31. The minimum atomic E-state index is -0.256. The third-order valence-electron chi connectivity index (χ3n) is 4.74. The van der Waals surface area contributed by atoms with Crippen LogP contribution in [0.2, 0.25) is 0 Å². The lowest BCUT2D eigenvalue weighted by atomic mass is 10.1. The van der Waals surface area contributed by atoms with Gasteiger partial charge in [0.05, 0.1) is 12.6 Å². The Labute approximate surface area is 170 Å². The number of hydrogen-bond donors (Lipinski definition) is 2. The average Bonchev–Trinajstić information content (AvgIpc) is 3.34. The van der Waals surface area contributed by atoms with Gasteiger partial charge >= 0.3 is 6.09 Å². The van der Waals surface area contributed by atoms with E-state index in [9.17, 15) is 9.18 Å². The molecule has 1 aromatic carbocycles. The summed E-state index contributed by atoms with van der Waals surface area (Å²) in [6.07, 6.45) is 2.17. The van der Waals surface area contributed by atoms with E-state index in [1.165, 1.54) is 6.07 Å². The minimum absolute atomic E-state index is 0. The molecule has 0 radical (unpaired) electrons. The molecule has 2 aliphatic rings. The summed E-state index contributed by atoms with van der Waals surface area (Å²) in [4.78, 5) is 17.9. The number of nitrogens with two attached hydrogens (primary N) is 1. The second-order valence-electron chi connectivity index (χ2n) is 6.55. The summed E-state index contributed by atoms with van der Waals surface area (Å²) in [7, 11) is 0. The molecular formula is C18H26FIN4O2. The van der Waals surface area contributed by atoms with E-state index in [0.29, 0.717) is 31.2 Å². The van der Waals surface area contributed by atoms with Crippen molar-refractivity contribution in [2.24, 2.45) is 10.7 Å². The zero-order valence-electron chi connectivity index (χ0n) is 14.9. The predicted molar refractivity (Wildman–Crippen MR) is 109 cm³/mol. The maximum Gasteiger partial charge on any atom is 0.409 e. The van der Waals surface area contributed by atoms with Crippen molar-refractivity contribution in [3.05, 3.63) is 35.6 Å². The van der Waals surface area contributed by atoms with Gasteiger partial charge in [-0.1, -0.05) is 18.2 Å². The molecule has 3 rings (SSSR count). The van der Waals surface area contributed by atoms with Crippen LogP contribution < -0.4 is 11.1 Å². The number of aliphatic imine (C=N–C) groups is 1. The highest BCUT2D eigenvalue weighted by Crippen LogP contribution is 2.44. The number of rotatable bonds is 4. The number of benzene rings is 1. The van der Waals surface area contributed by atoms with Crippen molar-refractivity contribution in [2.45, 2.75) is 44.2 Å². The Morgan fingerprint density at radius 1 is 1.38 bits per heavy atom. The number of carbonyl (C=O) groups is 1. The Hall–Kier alpha value is -1.58. The van der Waals surface area contributed by atoms with Gasteiger partial charge in [0, 0.05) is 25.0 Å². The van der Waals surface area contributed by atoms with E-state index in [0.717, 1.165) is 19.3 Å². The number of ether oxygens (including phenoxy) is 1. The minimum Gasteiger partial charge on any atom is -0.450 e. The topological polar surface area (TPSA) is 80.0 Å². The van der Waals surface area contributed by atoms with Gasteiger partial charge in [0.25, 0.3) is 0 Å². The molecule has 3 N–H and O–H groups in total. The maximum absolute atomic E-state index is 13.8. The summed E-state index contributed by atoms with van der Waals surface area (Å²) in [5.74, 6) is 0.341. The summed E-state index contributed by atoms with van der Waals surface area (Å²) >= 11 is 0. The lowest BCUT2D eigenvalue weighted by molar-refractivity contribution is 0.0963. The SMILES string of the molecule is CCOC(=O)N1CCC(NC(N)=NC2CC2c2ccccc2F)CC1.I. The van der Waals surface area contributed by atoms with Crippen LogP contribution in [0.4, 0.5) is 9.18 Å². The third kappa shape index (κ3) is 5.21. The van der Waals surface area contributed by atoms with Gasteiger partial charge in [0.1, 0.15) is 5.82 Å². The van der Waals surface area contributed by atoms with Crippen molar-refractivity contribution in [1.82, 2.24) is 10.2 Å². The van der Waals surface area contributed by atoms with Crippen molar-refractivity contribution in [2.75, 3.05) is 19.7 Å². The van der Waals surface area contributed by atoms with Crippen LogP contribution in [0.3, 0.4) is 0 Å². The molecule has 0 spiro atoms. The zero-order chi connectivity index (χ0) is 17.8. The van der Waals surface area contributed by atoms with Crippen LogP contribution in [0.25, 0.3) is 0 Å². The number of carbonyl (C=O) groups excluding carboxylic acids is 1. The first kappa shape index (κ1) is 20.7. The molecule has 1 aliphatic heterocycles. The molecule has 6 nitrogen and oxygen atoms in total. The molecule has 144 valence electrons. The molecule has 2 fully saturated rings. The standard InChI is InChI=1S/C18H25FN4O2.HI/c1-2-25-18(24)23-9-7-12(8-10-23)21-17(20)22-16-11-14(16)13-5-3-4-6-15(13)19;/h3-6,12,14,16H,2,7-11H2,1H3,(H3,20,21,22);1H. The molecular weight excluding hydrogens is 450 g/mol. The first-order valence-corrected chi connectivity index (χ1v) is 8.84. The fourth-order valence-corrected chi connectivity index (χ4v) is 3.28. The van der Waals surface area contributed by atoms with Crippen molar-refractivity contribution >= 4 is 36.0 Å². The van der Waals surface area contributed by atoms with Gasteiger partial charge in [-0.2, -0.15) is 0 Å². The molecule has 1 amide bonds. The van der Waals surface area contributed by atoms with E-state index in [2.05, 4.69) is 10.3 Å². The maximum atomic E-state index is 13.8. The summed E-state index contributed by atoms with van der Waals surface area (Å²) in [5.41, 5.74) is 6.72. The van der Waals surface area contributed by atoms with Crippen LogP contribution in [0.5, 0.6) is 0 Å². The molecule has 1 aromatic rings. The summed E-state index contributed by atoms with van der Waals surface area (Å²) < 4.78 is 18.8. The molecule has 1 saturated carbocycles. The normalized spacial score (nSPS) is 23.2. The van der Waals surface area contributed by atoms with Gasteiger partial charge in [0.15, 0.2) is 5.96 Å². The highest BCUT2D eigenvalue weighted by Gasteiger charge is 2.40. The van der Waals surface area contributed by atoms with Crippen LogP contribution >= 0.6 is 24.0 Å². The molecule has 8 heteroatoms. The number of amides is 1. The monoisotopic (exact) mass is 476 g/mol. The van der Waals surface area contributed by atoms with Crippen molar-refractivity contribution in [3.8, 4) is 0 Å². The summed E-state index contributed by atoms with van der Waals surface area (Å²) in [6.45, 7) is 3.48. The van der Waals surface area contributed by atoms with E-state index in [4.69, 9.17) is 10.5 Å². The van der Waals surface area contributed by atoms with E-state index in [1.54, 1.807) is 17.9 Å². The van der Waals surface area contributed by atoms with Crippen LogP contribution in [0, 0.1) is 5.82 Å². The number of guanidine groups is 1. The molecule has 1 saturated heterocycles. The van der Waals surface area contributed by atoms with Crippen molar-refractivity contribution < 1.29 is 13.9 Å². The second kappa shape index (κ2) is 9.38. The molecule has 2 unspecified atom stereocenters. The Morgan fingerprint density at radius 2 is 2.08 bits per heavy atom. The molecule has 2 atom stereocenters. The Balaban J connectivity index is 0.00000243. The highest BCUT2D eigenvalue weighted by molar-refractivity contribution is 14.0. The second-order valence-corrected chi connectivity index (χ2v) is 6.55. The molecule has 26 heavy (non-hydrogen) atoms. The van der Waals surface area contributed by atoms with E-state index in [-0.39, 0.29) is 53.9 Å². The third-order valence-corrected chi connectivity index (χ3v) is 4.74. The van der Waals surface area contributed by atoms with Gasteiger partial charge in [-0.25, -0.2) is 14.2 Å². The van der Waals surface area contributed by atoms with Gasteiger partial charge < -0.3 is 20.7 Å². The lowest BCUT2D eigenvalue weighted by Crippen LogP contribution is -2.48. The molecule has 0 bridgehead atoms. The Kier molecular flexibility index (Phi) is 7.48. The van der Waals surface area contributed by atoms with Gasteiger partial charge in [-0.3, -0.25) is 0 Å². The summed E-state index contributed by atoms with van der Waals surface area (Å²) in [5, 5.41) is 3.22. The quantitative estimate of drug-likeness (QED) is 0.398. The highest BCUT2D eigenvalue weighted by atomic mass is 127. The number of hydrogen-bond acceptors (Lipinski definition) is 3. The van der Waals surface area contributed by atoms with Gasteiger partial charge in [-0.15, -0.1) is 24.0 Å². The smallest absolute Gasteiger partial charge is 0.409 e. The fraction of sp³-hybridized carbons (Fsp3) is 0.556. The first-order chi connectivity index (χ1) is 12.1. The zero-order valence-corrected chi connectivity index (χ0v) is 17.2. The number of halogens is 2. The van der Waals surface area contributed by atoms with Crippen LogP contribution in [-0.4, -0.2) is 48.7 Å². The Morgan fingerprint density at radius 3 is 2.73 bits per heavy atom. The van der Waals surface area contributed by atoms with Crippen LogP contribution in [-0.2, 0) is 4.74 Å². The van der Waals surface area contributed by atoms with Crippen LogP contribution in [0.15, 0.2) is 29.3 Å². The number of piperidine rings is 1. The molecule has 1 heterocycles. The summed E-state index contributed by atoms with van der Waals surface area (Å²) in [6, 6.07) is 7.07. The van der Waals surface area contributed by atoms with Gasteiger partial charge in [-0.05, 0) is 37.8 Å². The predicted octanol–water partition coefficient (Wildman–Crippen LogP) is 2.82. The van der Waals surface area contributed by atoms with Crippen molar-refractivity contribution in [1.29, 1.82) is 0 Å². The van der Waals surface area contributed by atoms with Crippen LogP contribution in [0.1, 0.15) is 37.7 Å². The van der Waals surface area contributed by atoms with Gasteiger partial charge in [0.2, 0.25) is 0 Å². The molecule has 0 aromatic heterocycles. The average molecular weight is 476 g/mol. The van der Waals surface area contributed by atoms with Crippen molar-refractivity contribution in [3.63, 3.8) is 0 Å². The Bertz CT molecular complexity index is 650. The fourth-order valence-electron chi connectivity index (χ4n) is 3.28. The number of likely N-dealkylation sites (tertiary alicyclic amines) is 1. The van der Waals surface area contributed by atoms with E-state index >= 15 is 0 Å². The van der Waals surface area contributed by atoms with E-state index in [1.807, 2.05) is 12.1 Å². The largest absolute Gasteiger partial charge is 0.450 e. The number of nitrogens with one attached hydrogen (secondary N) is 1.